The summed E-state index contributed by atoms with van der Waals surface area (Å²) in [6, 6.07) is 11.2. The number of amides is 1. The Morgan fingerprint density at radius 3 is 2.55 bits per heavy atom. The first-order valence-electron chi connectivity index (χ1n) is 13.5. The molecule has 0 aliphatic carbocycles. The molecule has 3 aromatic rings. The molecule has 12 heteroatoms. The van der Waals surface area contributed by atoms with Gasteiger partial charge >= 0.3 is 6.09 Å². The Kier molecular flexibility index (Phi) is 8.95. The second-order valence-electron chi connectivity index (χ2n) is 11.3. The third-order valence-electron chi connectivity index (χ3n) is 6.76. The number of hydrogen-bond donors (Lipinski definition) is 1. The van der Waals surface area contributed by atoms with Gasteiger partial charge in [0.25, 0.3) is 10.0 Å². The summed E-state index contributed by atoms with van der Waals surface area (Å²) in [6.45, 7) is 9.46. The van der Waals surface area contributed by atoms with Crippen LogP contribution < -0.4 is 14.4 Å². The van der Waals surface area contributed by atoms with E-state index in [1.54, 1.807) is 50.8 Å². The maximum Gasteiger partial charge on any atom is 0.410 e. The number of hydrogen-bond acceptors (Lipinski definition) is 7. The van der Waals surface area contributed by atoms with Crippen molar-refractivity contribution in [2.24, 2.45) is 0 Å². The van der Waals surface area contributed by atoms with Crippen LogP contribution >= 0.6 is 0 Å². The highest BCUT2D eigenvalue weighted by Crippen LogP contribution is 2.32. The first-order chi connectivity index (χ1) is 19.7. The lowest BCUT2D eigenvalue weighted by molar-refractivity contribution is 0.0293. The van der Waals surface area contributed by atoms with Crippen molar-refractivity contribution in [1.82, 2.24) is 9.88 Å². The standard InChI is InChI=1S/C30H36F2N4O5S/c1-19-10-11-21(25(14-19)40-6)17-36(28-9-7-8-27(32)34-28)42(38,39)26-15-20(2)24(16-23(26)31)33-22-12-13-35(18-22)29(37)41-30(3,4)5/h7-11,14-16,22,33H,12-13,17-18H2,1-6H3/t22-/m0/s1. The number of aryl methyl sites for hydroxylation is 2. The van der Waals surface area contributed by atoms with E-state index in [2.05, 4.69) is 10.3 Å². The molecule has 1 amide bonds. The summed E-state index contributed by atoms with van der Waals surface area (Å²) < 4.78 is 69.5. The Hall–Kier alpha value is -3.93. The molecule has 0 unspecified atom stereocenters. The monoisotopic (exact) mass is 602 g/mol. The van der Waals surface area contributed by atoms with E-state index >= 15 is 4.39 Å². The number of benzene rings is 2. The summed E-state index contributed by atoms with van der Waals surface area (Å²) in [5.41, 5.74) is 1.64. The molecule has 1 aromatic heterocycles. The number of nitrogens with zero attached hydrogens (tertiary/aromatic N) is 3. The number of halogens is 2. The van der Waals surface area contributed by atoms with Crippen LogP contribution in [0, 0.1) is 25.6 Å². The summed E-state index contributed by atoms with van der Waals surface area (Å²) in [5.74, 6) is -1.64. The molecule has 0 bridgehead atoms. The molecule has 1 aliphatic heterocycles. The Bertz CT molecular complexity index is 1580. The lowest BCUT2D eigenvalue weighted by atomic mass is 10.1. The highest BCUT2D eigenvalue weighted by atomic mass is 32.2. The van der Waals surface area contributed by atoms with E-state index in [1.807, 2.05) is 6.92 Å². The molecule has 2 heterocycles. The number of rotatable bonds is 8. The topological polar surface area (TPSA) is 101 Å². The van der Waals surface area contributed by atoms with Gasteiger partial charge in [0.2, 0.25) is 5.95 Å². The minimum absolute atomic E-state index is 0.180. The fourth-order valence-corrected chi connectivity index (χ4v) is 6.21. The first kappa shape index (κ1) is 31.0. The van der Waals surface area contributed by atoms with E-state index in [9.17, 15) is 17.6 Å². The number of nitrogens with one attached hydrogen (secondary N) is 1. The molecule has 0 spiro atoms. The second kappa shape index (κ2) is 12.1. The molecular weight excluding hydrogens is 566 g/mol. The van der Waals surface area contributed by atoms with Gasteiger partial charge in [-0.15, -0.1) is 0 Å². The lowest BCUT2D eigenvalue weighted by Crippen LogP contribution is -2.36. The van der Waals surface area contributed by atoms with Gasteiger partial charge < -0.3 is 19.7 Å². The van der Waals surface area contributed by atoms with Gasteiger partial charge in [-0.05, 0) is 82.5 Å². The van der Waals surface area contributed by atoms with Crippen molar-refractivity contribution >= 4 is 27.6 Å². The van der Waals surface area contributed by atoms with Crippen LogP contribution in [0.4, 0.5) is 25.1 Å². The van der Waals surface area contributed by atoms with Gasteiger partial charge in [0.1, 0.15) is 27.9 Å². The van der Waals surface area contributed by atoms with Crippen LogP contribution in [-0.4, -0.2) is 56.2 Å². The van der Waals surface area contributed by atoms with Gasteiger partial charge in [-0.1, -0.05) is 18.2 Å². The molecule has 42 heavy (non-hydrogen) atoms. The molecule has 0 saturated carbocycles. The van der Waals surface area contributed by atoms with Crippen molar-refractivity contribution in [3.8, 4) is 5.75 Å². The summed E-state index contributed by atoms with van der Waals surface area (Å²) in [6.07, 6.45) is 0.185. The van der Waals surface area contributed by atoms with Crippen molar-refractivity contribution in [1.29, 1.82) is 0 Å². The van der Waals surface area contributed by atoms with Crippen molar-refractivity contribution in [3.05, 3.63) is 77.0 Å². The number of methoxy groups -OCH3 is 1. The molecule has 4 rings (SSSR count). The summed E-state index contributed by atoms with van der Waals surface area (Å²) in [7, 11) is -3.10. The number of ether oxygens (including phenoxy) is 2. The minimum atomic E-state index is -4.56. The van der Waals surface area contributed by atoms with Crippen LogP contribution in [-0.2, 0) is 21.3 Å². The summed E-state index contributed by atoms with van der Waals surface area (Å²) in [5, 5.41) is 3.23. The summed E-state index contributed by atoms with van der Waals surface area (Å²) in [4.78, 5) is 17.2. The van der Waals surface area contributed by atoms with E-state index < -0.39 is 38.4 Å². The third-order valence-corrected chi connectivity index (χ3v) is 8.52. The van der Waals surface area contributed by atoms with Crippen LogP contribution in [0.5, 0.6) is 5.75 Å². The van der Waals surface area contributed by atoms with E-state index in [4.69, 9.17) is 9.47 Å². The predicted octanol–water partition coefficient (Wildman–Crippen LogP) is 5.80. The molecule has 9 nitrogen and oxygen atoms in total. The maximum atomic E-state index is 15.6. The van der Waals surface area contributed by atoms with Crippen LogP contribution in [0.1, 0.15) is 43.9 Å². The molecule has 2 aromatic carbocycles. The molecule has 1 N–H and O–H groups in total. The summed E-state index contributed by atoms with van der Waals surface area (Å²) >= 11 is 0. The predicted molar refractivity (Wildman–Crippen MR) is 156 cm³/mol. The van der Waals surface area contributed by atoms with Gasteiger partial charge in [0.15, 0.2) is 0 Å². The second-order valence-corrected chi connectivity index (χ2v) is 13.1. The van der Waals surface area contributed by atoms with Gasteiger partial charge in [0, 0.05) is 30.4 Å². The molecule has 1 fully saturated rings. The molecule has 1 saturated heterocycles. The largest absolute Gasteiger partial charge is 0.496 e. The fourth-order valence-electron chi connectivity index (χ4n) is 4.68. The van der Waals surface area contributed by atoms with Crippen LogP contribution in [0.3, 0.4) is 0 Å². The van der Waals surface area contributed by atoms with Gasteiger partial charge in [-0.25, -0.2) is 26.9 Å². The number of likely N-dealkylation sites (tertiary alicyclic amines) is 1. The van der Waals surface area contributed by atoms with E-state index in [1.165, 1.54) is 25.3 Å². The zero-order valence-electron chi connectivity index (χ0n) is 24.6. The zero-order chi connectivity index (χ0) is 30.8. The van der Waals surface area contributed by atoms with E-state index in [0.717, 1.165) is 22.0 Å². The number of carbonyl (C=O) groups is 1. The van der Waals surface area contributed by atoms with Gasteiger partial charge in [0.05, 0.1) is 13.7 Å². The smallest absolute Gasteiger partial charge is 0.410 e. The van der Waals surface area contributed by atoms with Crippen LogP contribution in [0.25, 0.3) is 0 Å². The first-order valence-corrected chi connectivity index (χ1v) is 15.0. The molecule has 0 radical (unpaired) electrons. The van der Waals surface area contributed by atoms with Crippen molar-refractivity contribution < 1.29 is 31.5 Å². The fraction of sp³-hybridized carbons (Fsp3) is 0.400. The number of aromatic nitrogens is 1. The number of carbonyl (C=O) groups excluding carboxylic acids is 1. The van der Waals surface area contributed by atoms with Gasteiger partial charge in [-0.2, -0.15) is 4.39 Å². The highest BCUT2D eigenvalue weighted by molar-refractivity contribution is 7.92. The van der Waals surface area contributed by atoms with Crippen LogP contribution in [0.15, 0.2) is 53.4 Å². The number of anilines is 2. The number of sulfonamides is 1. The van der Waals surface area contributed by atoms with Crippen molar-refractivity contribution in [2.75, 3.05) is 29.8 Å². The normalized spacial score (nSPS) is 15.4. The molecule has 226 valence electrons. The number of pyridine rings is 1. The Balaban J connectivity index is 1.63. The third kappa shape index (κ3) is 7.10. The molecule has 1 aliphatic rings. The Morgan fingerprint density at radius 2 is 1.88 bits per heavy atom. The van der Waals surface area contributed by atoms with Gasteiger partial charge in [-0.3, -0.25) is 0 Å². The Morgan fingerprint density at radius 1 is 1.14 bits per heavy atom. The molecular formula is C30H36F2N4O5S. The highest BCUT2D eigenvalue weighted by Gasteiger charge is 2.33. The zero-order valence-corrected chi connectivity index (χ0v) is 25.4. The van der Waals surface area contributed by atoms with E-state index in [0.29, 0.717) is 42.1 Å². The van der Waals surface area contributed by atoms with Crippen molar-refractivity contribution in [3.63, 3.8) is 0 Å². The average Bonchev–Trinajstić information content (AvgIpc) is 3.37. The quantitative estimate of drug-likeness (QED) is 0.325. The van der Waals surface area contributed by atoms with E-state index in [-0.39, 0.29) is 18.4 Å². The lowest BCUT2D eigenvalue weighted by Gasteiger charge is -2.26. The van der Waals surface area contributed by atoms with Crippen LogP contribution in [0.2, 0.25) is 0 Å². The SMILES string of the molecule is COc1cc(C)ccc1CN(c1cccc(F)n1)S(=O)(=O)c1cc(C)c(N[C@H]2CCN(C(=O)OC(C)(C)C)C2)cc1F. The Labute approximate surface area is 245 Å². The minimum Gasteiger partial charge on any atom is -0.496 e. The average molecular weight is 603 g/mol. The molecule has 1 atom stereocenters. The van der Waals surface area contributed by atoms with Crippen molar-refractivity contribution in [2.45, 2.75) is 64.1 Å². The maximum absolute atomic E-state index is 15.6.